The van der Waals surface area contributed by atoms with Gasteiger partial charge in [0, 0.05) is 52.6 Å². The van der Waals surface area contributed by atoms with E-state index in [4.69, 9.17) is 0 Å². The number of non-ortho nitro benzene ring substituents is 1. The second-order valence-electron chi connectivity index (χ2n) is 10.8. The average Bonchev–Trinajstić information content (AvgIpc) is 3.49. The molecular formula is C33H24N4O5. The number of pyridine rings is 1. The molecule has 4 aromatic rings. The third-order valence-electron chi connectivity index (χ3n) is 8.76. The molecule has 1 aromatic heterocycles. The van der Waals surface area contributed by atoms with Crippen molar-refractivity contribution in [2.24, 2.45) is 5.92 Å². The van der Waals surface area contributed by atoms with Crippen molar-refractivity contribution in [3.05, 3.63) is 136 Å². The van der Waals surface area contributed by atoms with E-state index in [1.54, 1.807) is 18.2 Å². The first-order valence-corrected chi connectivity index (χ1v) is 13.5. The number of allylic oxidation sites excluding steroid dienone is 1. The number of benzene rings is 3. The number of amides is 1. The molecule has 1 N–H and O–H groups in total. The van der Waals surface area contributed by atoms with Crippen LogP contribution in [0.4, 0.5) is 17.1 Å². The molecule has 1 fully saturated rings. The number of aromatic nitrogens is 1. The summed E-state index contributed by atoms with van der Waals surface area (Å²) in [4.78, 5) is 60.5. The molecule has 0 unspecified atom stereocenters. The smallest absolute Gasteiger partial charge is 0.269 e. The zero-order valence-electron chi connectivity index (χ0n) is 22.4. The molecule has 4 atom stereocenters. The molecule has 1 saturated heterocycles. The molecule has 1 spiro atoms. The molecular weight excluding hydrogens is 532 g/mol. The van der Waals surface area contributed by atoms with E-state index in [0.29, 0.717) is 16.8 Å². The fourth-order valence-electron chi connectivity index (χ4n) is 7.00. The number of nitrogens with zero attached hydrogens (tertiary/aromatic N) is 3. The van der Waals surface area contributed by atoms with E-state index in [1.807, 2.05) is 60.4 Å². The Hall–Kier alpha value is -5.44. The van der Waals surface area contributed by atoms with Crippen LogP contribution in [0.2, 0.25) is 0 Å². The Kier molecular flexibility index (Phi) is 5.65. The lowest BCUT2D eigenvalue weighted by Crippen LogP contribution is -2.51. The molecule has 0 aliphatic carbocycles. The van der Waals surface area contributed by atoms with E-state index in [9.17, 15) is 24.5 Å². The number of Topliss-reactive ketones (excluding diaryl/α,β-unsaturated/α-hetero) is 2. The van der Waals surface area contributed by atoms with Crippen LogP contribution in [0.25, 0.3) is 5.57 Å². The van der Waals surface area contributed by atoms with Gasteiger partial charge in [0.25, 0.3) is 5.69 Å². The van der Waals surface area contributed by atoms with Gasteiger partial charge in [-0.2, -0.15) is 0 Å². The highest BCUT2D eigenvalue weighted by molar-refractivity contribution is 6.18. The maximum Gasteiger partial charge on any atom is 0.269 e. The molecule has 7 rings (SSSR count). The Morgan fingerprint density at radius 2 is 1.57 bits per heavy atom. The summed E-state index contributed by atoms with van der Waals surface area (Å²) in [7, 11) is 0. The van der Waals surface area contributed by atoms with Gasteiger partial charge in [0.15, 0.2) is 11.6 Å². The van der Waals surface area contributed by atoms with Gasteiger partial charge >= 0.3 is 0 Å². The van der Waals surface area contributed by atoms with Crippen molar-refractivity contribution >= 4 is 40.1 Å². The summed E-state index contributed by atoms with van der Waals surface area (Å²) in [5.74, 6) is -2.25. The highest BCUT2D eigenvalue weighted by Gasteiger charge is 2.70. The van der Waals surface area contributed by atoms with Gasteiger partial charge in [0.05, 0.1) is 16.9 Å². The fraction of sp³-hybridized carbons (Fsp3) is 0.152. The van der Waals surface area contributed by atoms with Crippen LogP contribution >= 0.6 is 0 Å². The molecule has 9 nitrogen and oxygen atoms in total. The lowest BCUT2D eigenvalue weighted by atomic mass is 9.64. The number of hydrogen-bond acceptors (Lipinski definition) is 7. The van der Waals surface area contributed by atoms with Crippen molar-refractivity contribution in [3.63, 3.8) is 0 Å². The first kappa shape index (κ1) is 25.5. The number of nitro groups is 1. The summed E-state index contributed by atoms with van der Waals surface area (Å²) < 4.78 is 0. The zero-order valence-corrected chi connectivity index (χ0v) is 22.4. The van der Waals surface area contributed by atoms with Crippen molar-refractivity contribution in [2.75, 3.05) is 10.2 Å². The van der Waals surface area contributed by atoms with Crippen LogP contribution in [0, 0.1) is 16.0 Å². The summed E-state index contributed by atoms with van der Waals surface area (Å²) in [6.07, 6.45) is 5.01. The molecule has 0 radical (unpaired) electrons. The molecule has 206 valence electrons. The van der Waals surface area contributed by atoms with Gasteiger partial charge in [-0.1, -0.05) is 42.5 Å². The van der Waals surface area contributed by atoms with Crippen LogP contribution in [0.1, 0.15) is 38.8 Å². The minimum absolute atomic E-state index is 0.150. The van der Waals surface area contributed by atoms with Gasteiger partial charge in [-0.15, -0.1) is 0 Å². The number of nitrogens with one attached hydrogen (secondary N) is 1. The van der Waals surface area contributed by atoms with Gasteiger partial charge in [0.2, 0.25) is 5.91 Å². The van der Waals surface area contributed by atoms with Crippen LogP contribution in [-0.4, -0.2) is 39.5 Å². The Bertz CT molecular complexity index is 1830. The SMILES string of the molecule is CC1=C[C@H]2N(c3ccccc31)[C@@H](C(=O)c1ccc([N+](=O)[O-])cc1)[C@@H](C(=O)c1ccncc1)[C@@]21C(=O)Nc2ccccc21. The summed E-state index contributed by atoms with van der Waals surface area (Å²) >= 11 is 0. The molecule has 4 heterocycles. The van der Waals surface area contributed by atoms with Crippen molar-refractivity contribution in [3.8, 4) is 0 Å². The summed E-state index contributed by atoms with van der Waals surface area (Å²) in [6, 6.07) is 21.7. The monoisotopic (exact) mass is 556 g/mol. The number of fused-ring (bicyclic) bond motifs is 6. The van der Waals surface area contributed by atoms with E-state index in [1.165, 1.54) is 36.7 Å². The standard InChI is InChI=1S/C33H24N4O5/c1-19-18-27-33(24-7-3-4-8-25(24)35-32(33)40)28(30(38)21-14-16-34-17-15-21)29(36(27)26-9-5-2-6-23(19)26)31(39)20-10-12-22(13-11-20)37(41)42/h2-18,27-29H,1H3,(H,35,40)/t27-,28+,29-,33+/m1/s1. The number of nitro benzene ring substituents is 1. The molecule has 1 amide bonds. The van der Waals surface area contributed by atoms with Crippen LogP contribution in [-0.2, 0) is 10.2 Å². The predicted molar refractivity (Wildman–Crippen MR) is 156 cm³/mol. The molecule has 3 aromatic carbocycles. The van der Waals surface area contributed by atoms with Gasteiger partial charge < -0.3 is 10.2 Å². The van der Waals surface area contributed by atoms with Crippen molar-refractivity contribution in [1.82, 2.24) is 4.98 Å². The number of carbonyl (C=O) groups excluding carboxylic acids is 3. The summed E-state index contributed by atoms with van der Waals surface area (Å²) in [6.45, 7) is 1.97. The molecule has 0 saturated carbocycles. The van der Waals surface area contributed by atoms with Crippen molar-refractivity contribution in [2.45, 2.75) is 24.4 Å². The second kappa shape index (κ2) is 9.31. The number of hydrogen-bond donors (Lipinski definition) is 1. The highest BCUT2D eigenvalue weighted by Crippen LogP contribution is 2.58. The van der Waals surface area contributed by atoms with E-state index in [0.717, 1.165) is 16.8 Å². The van der Waals surface area contributed by atoms with Gasteiger partial charge in [-0.25, -0.2) is 0 Å². The Labute approximate surface area is 240 Å². The normalized spacial score (nSPS) is 23.5. The largest absolute Gasteiger partial charge is 0.352 e. The zero-order chi connectivity index (χ0) is 29.2. The number of anilines is 2. The highest BCUT2D eigenvalue weighted by atomic mass is 16.6. The third-order valence-corrected chi connectivity index (χ3v) is 8.76. The molecule has 0 bridgehead atoms. The minimum atomic E-state index is -1.44. The van der Waals surface area contributed by atoms with E-state index in [2.05, 4.69) is 10.3 Å². The first-order valence-electron chi connectivity index (χ1n) is 13.5. The topological polar surface area (TPSA) is 123 Å². The summed E-state index contributed by atoms with van der Waals surface area (Å²) in [5, 5.41) is 14.3. The van der Waals surface area contributed by atoms with Crippen LogP contribution in [0.15, 0.2) is 103 Å². The number of ketones is 2. The van der Waals surface area contributed by atoms with Crippen molar-refractivity contribution < 1.29 is 19.3 Å². The maximum absolute atomic E-state index is 14.7. The van der Waals surface area contributed by atoms with E-state index >= 15 is 0 Å². The number of rotatable bonds is 5. The van der Waals surface area contributed by atoms with Crippen LogP contribution in [0.5, 0.6) is 0 Å². The van der Waals surface area contributed by atoms with Crippen molar-refractivity contribution in [1.29, 1.82) is 0 Å². The molecule has 3 aliphatic rings. The maximum atomic E-state index is 14.7. The molecule has 42 heavy (non-hydrogen) atoms. The second-order valence-corrected chi connectivity index (χ2v) is 10.8. The van der Waals surface area contributed by atoms with Crippen LogP contribution in [0.3, 0.4) is 0 Å². The third kappa shape index (κ3) is 3.43. The Morgan fingerprint density at radius 1 is 0.905 bits per heavy atom. The quantitative estimate of drug-likeness (QED) is 0.203. The Morgan fingerprint density at radius 3 is 2.31 bits per heavy atom. The minimum Gasteiger partial charge on any atom is -0.352 e. The number of carbonyl (C=O) groups is 3. The number of para-hydroxylation sites is 2. The van der Waals surface area contributed by atoms with Crippen LogP contribution < -0.4 is 10.2 Å². The molecule has 3 aliphatic heterocycles. The Balaban J connectivity index is 1.53. The van der Waals surface area contributed by atoms with Gasteiger partial charge in [-0.3, -0.25) is 29.5 Å². The fourth-order valence-corrected chi connectivity index (χ4v) is 7.00. The average molecular weight is 557 g/mol. The lowest BCUT2D eigenvalue weighted by Gasteiger charge is -2.39. The predicted octanol–water partition coefficient (Wildman–Crippen LogP) is 5.24. The lowest BCUT2D eigenvalue weighted by molar-refractivity contribution is -0.384. The van der Waals surface area contributed by atoms with E-state index < -0.39 is 34.1 Å². The summed E-state index contributed by atoms with van der Waals surface area (Å²) in [5.41, 5.74) is 2.78. The van der Waals surface area contributed by atoms with Gasteiger partial charge in [-0.05, 0) is 54.5 Å². The van der Waals surface area contributed by atoms with E-state index in [-0.39, 0.29) is 22.9 Å². The molecule has 9 heteroatoms. The van der Waals surface area contributed by atoms with Gasteiger partial charge in [0.1, 0.15) is 11.5 Å². The first-order chi connectivity index (χ1) is 20.3.